The van der Waals surface area contributed by atoms with Crippen molar-refractivity contribution < 1.29 is 9.59 Å². The van der Waals surface area contributed by atoms with E-state index in [0.29, 0.717) is 5.56 Å². The van der Waals surface area contributed by atoms with Gasteiger partial charge in [-0.1, -0.05) is 24.3 Å². The molecule has 1 aliphatic heterocycles. The Kier molecular flexibility index (Phi) is 5.03. The molecule has 0 radical (unpaired) electrons. The van der Waals surface area contributed by atoms with Gasteiger partial charge in [-0.25, -0.2) is 0 Å². The molecule has 2 aromatic carbocycles. The molecule has 5 heteroatoms. The van der Waals surface area contributed by atoms with Crippen LogP contribution in [0.25, 0.3) is 0 Å². The van der Waals surface area contributed by atoms with Gasteiger partial charge in [0.2, 0.25) is 5.91 Å². The average molecular weight is 337 g/mol. The predicted molar refractivity (Wildman–Crippen MR) is 100 cm³/mol. The summed E-state index contributed by atoms with van der Waals surface area (Å²) in [4.78, 5) is 26.5. The maximum absolute atomic E-state index is 12.9. The number of para-hydroxylation sites is 1. The van der Waals surface area contributed by atoms with Crippen molar-refractivity contribution in [3.63, 3.8) is 0 Å². The number of nitrogens with one attached hydrogen (secondary N) is 2. The van der Waals surface area contributed by atoms with Crippen molar-refractivity contribution in [3.05, 3.63) is 59.7 Å². The van der Waals surface area contributed by atoms with Crippen molar-refractivity contribution in [1.82, 2.24) is 5.32 Å². The van der Waals surface area contributed by atoms with Gasteiger partial charge in [-0.15, -0.1) is 0 Å². The number of rotatable bonds is 4. The van der Waals surface area contributed by atoms with E-state index in [4.69, 9.17) is 0 Å². The maximum atomic E-state index is 12.9. The van der Waals surface area contributed by atoms with Crippen LogP contribution in [0.2, 0.25) is 0 Å². The van der Waals surface area contributed by atoms with Crippen LogP contribution in [0.1, 0.15) is 29.3 Å². The van der Waals surface area contributed by atoms with Gasteiger partial charge in [0.05, 0.1) is 0 Å². The highest BCUT2D eigenvalue weighted by molar-refractivity contribution is 6.00. The minimum Gasteiger partial charge on any atom is -0.374 e. The van der Waals surface area contributed by atoms with Gasteiger partial charge in [0, 0.05) is 30.5 Å². The smallest absolute Gasteiger partial charge is 0.251 e. The minimum absolute atomic E-state index is 0.0393. The van der Waals surface area contributed by atoms with Crippen molar-refractivity contribution in [2.45, 2.75) is 25.8 Å². The van der Waals surface area contributed by atoms with Crippen molar-refractivity contribution in [3.8, 4) is 0 Å². The zero-order chi connectivity index (χ0) is 17.8. The Hall–Kier alpha value is -2.82. The fourth-order valence-electron chi connectivity index (χ4n) is 3.20. The zero-order valence-electron chi connectivity index (χ0n) is 14.6. The van der Waals surface area contributed by atoms with E-state index in [0.717, 1.165) is 30.8 Å². The maximum Gasteiger partial charge on any atom is 0.251 e. The second kappa shape index (κ2) is 7.38. The number of aryl methyl sites for hydroxylation is 1. The second-order valence-corrected chi connectivity index (χ2v) is 6.25. The molecule has 130 valence electrons. The molecular weight excluding hydrogens is 314 g/mol. The lowest BCUT2D eigenvalue weighted by molar-refractivity contribution is -0.119. The first-order valence-electron chi connectivity index (χ1n) is 8.58. The summed E-state index contributed by atoms with van der Waals surface area (Å²) >= 11 is 0. The SMILES string of the molecule is CNC(=O)c1cccc(N[C@H](C)C(=O)N2CCCc3ccccc32)c1. The first-order valence-corrected chi connectivity index (χ1v) is 8.58. The van der Waals surface area contributed by atoms with Gasteiger partial charge >= 0.3 is 0 Å². The van der Waals surface area contributed by atoms with Gasteiger partial charge < -0.3 is 15.5 Å². The number of carbonyl (C=O) groups excluding carboxylic acids is 2. The van der Waals surface area contributed by atoms with Crippen LogP contribution in [-0.4, -0.2) is 31.4 Å². The van der Waals surface area contributed by atoms with Gasteiger partial charge in [0.15, 0.2) is 0 Å². The Morgan fingerprint density at radius 1 is 1.12 bits per heavy atom. The number of amides is 2. The summed E-state index contributed by atoms with van der Waals surface area (Å²) in [6.45, 7) is 2.59. The number of hydrogen-bond donors (Lipinski definition) is 2. The van der Waals surface area contributed by atoms with Gasteiger partial charge in [0.25, 0.3) is 5.91 Å². The lowest BCUT2D eigenvalue weighted by Crippen LogP contribution is -2.44. The fraction of sp³-hybridized carbons (Fsp3) is 0.300. The molecule has 1 atom stereocenters. The molecule has 25 heavy (non-hydrogen) atoms. The molecule has 2 N–H and O–H groups in total. The van der Waals surface area contributed by atoms with Crippen LogP contribution in [0.3, 0.4) is 0 Å². The molecule has 0 bridgehead atoms. The third-order valence-corrected chi connectivity index (χ3v) is 4.48. The van der Waals surface area contributed by atoms with Crippen LogP contribution >= 0.6 is 0 Å². The van der Waals surface area contributed by atoms with E-state index in [9.17, 15) is 9.59 Å². The summed E-state index contributed by atoms with van der Waals surface area (Å²) in [7, 11) is 1.60. The summed E-state index contributed by atoms with van der Waals surface area (Å²) in [6, 6.07) is 14.9. The topological polar surface area (TPSA) is 61.4 Å². The van der Waals surface area contributed by atoms with Crippen LogP contribution in [0.5, 0.6) is 0 Å². The standard InChI is InChI=1S/C20H23N3O2/c1-14(22-17-10-5-8-16(13-17)19(24)21-2)20(25)23-12-6-9-15-7-3-4-11-18(15)23/h3-5,7-8,10-11,13-14,22H,6,9,12H2,1-2H3,(H,21,24)/t14-/m1/s1. The summed E-state index contributed by atoms with van der Waals surface area (Å²) in [5, 5.41) is 5.82. The number of anilines is 2. The second-order valence-electron chi connectivity index (χ2n) is 6.25. The molecule has 0 spiro atoms. The first kappa shape index (κ1) is 17.0. The predicted octanol–water partition coefficient (Wildman–Crippen LogP) is 2.83. The largest absolute Gasteiger partial charge is 0.374 e. The molecule has 3 rings (SSSR count). The summed E-state index contributed by atoms with van der Waals surface area (Å²) in [6.07, 6.45) is 1.98. The molecule has 0 aliphatic carbocycles. The highest BCUT2D eigenvalue weighted by atomic mass is 16.2. The van der Waals surface area contributed by atoms with Gasteiger partial charge in [-0.3, -0.25) is 9.59 Å². The number of fused-ring (bicyclic) bond motifs is 1. The molecule has 0 aromatic heterocycles. The Morgan fingerprint density at radius 2 is 1.92 bits per heavy atom. The van der Waals surface area contributed by atoms with Crippen LogP contribution in [0.4, 0.5) is 11.4 Å². The van der Waals surface area contributed by atoms with E-state index in [1.54, 1.807) is 25.2 Å². The molecule has 2 amide bonds. The van der Waals surface area contributed by atoms with Crippen molar-refractivity contribution in [2.75, 3.05) is 23.8 Å². The van der Waals surface area contributed by atoms with Crippen molar-refractivity contribution >= 4 is 23.2 Å². The Morgan fingerprint density at radius 3 is 2.72 bits per heavy atom. The molecule has 5 nitrogen and oxygen atoms in total. The van der Waals surface area contributed by atoms with Crippen LogP contribution in [-0.2, 0) is 11.2 Å². The monoisotopic (exact) mass is 337 g/mol. The molecule has 0 fully saturated rings. The third-order valence-electron chi connectivity index (χ3n) is 4.48. The van der Waals surface area contributed by atoms with Crippen molar-refractivity contribution in [1.29, 1.82) is 0 Å². The minimum atomic E-state index is -0.383. The van der Waals surface area contributed by atoms with Crippen molar-refractivity contribution in [2.24, 2.45) is 0 Å². The van der Waals surface area contributed by atoms with Crippen LogP contribution in [0.15, 0.2) is 48.5 Å². The van der Waals surface area contributed by atoms with E-state index in [-0.39, 0.29) is 17.9 Å². The van der Waals surface area contributed by atoms with E-state index in [1.165, 1.54) is 5.56 Å². The number of hydrogen-bond acceptors (Lipinski definition) is 3. The van der Waals surface area contributed by atoms with E-state index >= 15 is 0 Å². The van der Waals surface area contributed by atoms with E-state index < -0.39 is 0 Å². The number of nitrogens with zero attached hydrogens (tertiary/aromatic N) is 1. The lowest BCUT2D eigenvalue weighted by Gasteiger charge is -2.32. The highest BCUT2D eigenvalue weighted by Crippen LogP contribution is 2.27. The van der Waals surface area contributed by atoms with Crippen LogP contribution in [0, 0.1) is 0 Å². The van der Waals surface area contributed by atoms with Crippen LogP contribution < -0.4 is 15.5 Å². The fourth-order valence-corrected chi connectivity index (χ4v) is 3.20. The molecule has 1 aliphatic rings. The first-order chi connectivity index (χ1) is 12.1. The highest BCUT2D eigenvalue weighted by Gasteiger charge is 2.26. The average Bonchev–Trinajstić information content (AvgIpc) is 2.66. The van der Waals surface area contributed by atoms with Gasteiger partial charge in [0.1, 0.15) is 6.04 Å². The Labute approximate surface area is 148 Å². The molecule has 2 aromatic rings. The number of carbonyl (C=O) groups is 2. The molecule has 0 saturated carbocycles. The lowest BCUT2D eigenvalue weighted by atomic mass is 10.0. The normalized spacial score (nSPS) is 14.4. The molecular formula is C20H23N3O2. The van der Waals surface area contributed by atoms with Gasteiger partial charge in [-0.05, 0) is 49.6 Å². The quantitative estimate of drug-likeness (QED) is 0.902. The molecule has 0 unspecified atom stereocenters. The number of benzene rings is 2. The summed E-state index contributed by atoms with van der Waals surface area (Å²) < 4.78 is 0. The summed E-state index contributed by atoms with van der Waals surface area (Å²) in [5.74, 6) is -0.106. The van der Waals surface area contributed by atoms with E-state index in [2.05, 4.69) is 16.7 Å². The Balaban J connectivity index is 1.75. The van der Waals surface area contributed by atoms with E-state index in [1.807, 2.05) is 36.1 Å². The zero-order valence-corrected chi connectivity index (χ0v) is 14.6. The Bertz CT molecular complexity index is 788. The molecule has 0 saturated heterocycles. The third kappa shape index (κ3) is 3.65. The van der Waals surface area contributed by atoms with Gasteiger partial charge in [-0.2, -0.15) is 0 Å². The summed E-state index contributed by atoms with van der Waals surface area (Å²) in [5.41, 5.74) is 3.55. The molecule has 1 heterocycles.